The van der Waals surface area contributed by atoms with Gasteiger partial charge in [0.05, 0.1) is 5.39 Å². The van der Waals surface area contributed by atoms with Crippen LogP contribution in [-0.2, 0) is 23.4 Å². The van der Waals surface area contributed by atoms with Crippen molar-refractivity contribution in [1.29, 1.82) is 0 Å². The highest BCUT2D eigenvalue weighted by atomic mass is 16.2. The Labute approximate surface area is 166 Å². The monoisotopic (exact) mass is 389 g/mol. The summed E-state index contributed by atoms with van der Waals surface area (Å²) in [6.07, 6.45) is 3.18. The molecular formula is C21H19N5O3. The minimum Gasteiger partial charge on any atom is -0.319 e. The molecule has 0 saturated carbocycles. The number of nitrogens with zero attached hydrogens (tertiary/aromatic N) is 4. The summed E-state index contributed by atoms with van der Waals surface area (Å²) in [5, 5.41) is 11.3. The van der Waals surface area contributed by atoms with E-state index in [2.05, 4.69) is 15.6 Å². The van der Waals surface area contributed by atoms with Crippen LogP contribution in [0, 0.1) is 0 Å². The fraction of sp³-hybridized carbons (Fsp3) is 0.286. The van der Waals surface area contributed by atoms with Crippen LogP contribution in [0.4, 0.5) is 4.79 Å². The van der Waals surface area contributed by atoms with Crippen molar-refractivity contribution in [1.82, 2.24) is 25.2 Å². The predicted molar refractivity (Wildman–Crippen MR) is 105 cm³/mol. The number of amides is 3. The maximum atomic E-state index is 13.5. The normalized spacial score (nSPS) is 21.3. The topological polar surface area (TPSA) is 97.2 Å². The summed E-state index contributed by atoms with van der Waals surface area (Å²) in [5.41, 5.74) is 0.912. The van der Waals surface area contributed by atoms with Crippen molar-refractivity contribution in [3.05, 3.63) is 70.0 Å². The molecule has 146 valence electrons. The Hall–Kier alpha value is -3.55. The molecule has 1 fully saturated rings. The molecule has 8 heteroatoms. The fourth-order valence-electron chi connectivity index (χ4n) is 4.35. The van der Waals surface area contributed by atoms with E-state index in [-0.39, 0.29) is 12.6 Å². The first-order valence-electron chi connectivity index (χ1n) is 9.65. The highest BCUT2D eigenvalue weighted by Gasteiger charge is 2.53. The molecule has 1 atom stereocenters. The van der Waals surface area contributed by atoms with E-state index in [1.165, 1.54) is 0 Å². The molecular weight excluding hydrogens is 370 g/mol. The first-order chi connectivity index (χ1) is 14.1. The van der Waals surface area contributed by atoms with Crippen molar-refractivity contribution >= 4 is 22.8 Å². The number of aromatic nitrogens is 3. The Balaban J connectivity index is 1.54. The summed E-state index contributed by atoms with van der Waals surface area (Å²) in [5.74, 6) is -0.348. The lowest BCUT2D eigenvalue weighted by atomic mass is 9.84. The Morgan fingerprint density at radius 2 is 1.79 bits per heavy atom. The molecule has 1 unspecified atom stereocenters. The lowest BCUT2D eigenvalue weighted by Gasteiger charge is -2.27. The van der Waals surface area contributed by atoms with Gasteiger partial charge >= 0.3 is 6.03 Å². The highest BCUT2D eigenvalue weighted by Crippen LogP contribution is 2.39. The number of fused-ring (bicyclic) bond motifs is 3. The zero-order valence-corrected chi connectivity index (χ0v) is 15.7. The van der Waals surface area contributed by atoms with Crippen LogP contribution in [0.25, 0.3) is 10.9 Å². The van der Waals surface area contributed by atoms with E-state index < -0.39 is 17.1 Å². The molecule has 0 bridgehead atoms. The molecule has 3 aromatic rings. The number of urea groups is 1. The van der Waals surface area contributed by atoms with Crippen molar-refractivity contribution in [3.63, 3.8) is 0 Å². The second-order valence-corrected chi connectivity index (χ2v) is 7.49. The number of aryl methyl sites for hydroxylation is 1. The van der Waals surface area contributed by atoms with E-state index in [0.29, 0.717) is 17.3 Å². The third-order valence-corrected chi connectivity index (χ3v) is 5.81. The maximum absolute atomic E-state index is 13.5. The van der Waals surface area contributed by atoms with E-state index >= 15 is 0 Å². The zero-order valence-electron chi connectivity index (χ0n) is 15.7. The standard InChI is InChI=1S/C21H19N5O3/c27-18-15-9-2-4-11-17(15)23-24-26(18)13-25-19(28)21(22-20(25)29)12-6-5-8-14-7-1-3-10-16(14)21/h1-4,7,9-11H,5-6,8,12-13H2,(H,22,29). The van der Waals surface area contributed by atoms with E-state index in [4.69, 9.17) is 0 Å². The number of carbonyl (C=O) groups excluding carboxylic acids is 2. The lowest BCUT2D eigenvalue weighted by Crippen LogP contribution is -2.44. The van der Waals surface area contributed by atoms with Crippen molar-refractivity contribution < 1.29 is 9.59 Å². The summed E-state index contributed by atoms with van der Waals surface area (Å²) in [6.45, 7) is -0.273. The fourth-order valence-corrected chi connectivity index (χ4v) is 4.35. The van der Waals surface area contributed by atoms with Crippen LogP contribution in [0.2, 0.25) is 0 Å². The van der Waals surface area contributed by atoms with Gasteiger partial charge < -0.3 is 5.32 Å². The Morgan fingerprint density at radius 3 is 2.69 bits per heavy atom. The molecule has 2 heterocycles. The van der Waals surface area contributed by atoms with Gasteiger partial charge in [0, 0.05) is 0 Å². The Bertz CT molecular complexity index is 1200. The third-order valence-electron chi connectivity index (χ3n) is 5.81. The average Bonchev–Trinajstić information content (AvgIpc) is 2.88. The van der Waals surface area contributed by atoms with Crippen LogP contribution < -0.4 is 10.9 Å². The predicted octanol–water partition coefficient (Wildman–Crippen LogP) is 1.92. The minimum atomic E-state index is -1.09. The summed E-state index contributed by atoms with van der Waals surface area (Å²) < 4.78 is 1.06. The van der Waals surface area contributed by atoms with E-state index in [1.807, 2.05) is 24.3 Å². The van der Waals surface area contributed by atoms with Crippen LogP contribution in [0.3, 0.4) is 0 Å². The van der Waals surface area contributed by atoms with Gasteiger partial charge in [-0.2, -0.15) is 4.68 Å². The number of imide groups is 1. The molecule has 1 aromatic heterocycles. The number of hydrogen-bond donors (Lipinski definition) is 1. The molecule has 5 rings (SSSR count). The summed E-state index contributed by atoms with van der Waals surface area (Å²) in [6, 6.07) is 14.1. The molecule has 29 heavy (non-hydrogen) atoms. The Kier molecular flexibility index (Phi) is 3.94. The maximum Gasteiger partial charge on any atom is 0.326 e. The van der Waals surface area contributed by atoms with Crippen LogP contribution >= 0.6 is 0 Å². The summed E-state index contributed by atoms with van der Waals surface area (Å²) >= 11 is 0. The zero-order chi connectivity index (χ0) is 20.0. The number of nitrogens with one attached hydrogen (secondary N) is 1. The molecule has 3 amide bonds. The second kappa shape index (κ2) is 6.51. The highest BCUT2D eigenvalue weighted by molar-refractivity contribution is 6.07. The van der Waals surface area contributed by atoms with Crippen molar-refractivity contribution in [3.8, 4) is 0 Å². The summed E-state index contributed by atoms with van der Waals surface area (Å²) in [7, 11) is 0. The van der Waals surface area contributed by atoms with Gasteiger partial charge in [-0.1, -0.05) is 41.6 Å². The smallest absolute Gasteiger partial charge is 0.319 e. The molecule has 1 aliphatic carbocycles. The van der Waals surface area contributed by atoms with Crippen molar-refractivity contribution in [2.75, 3.05) is 0 Å². The third kappa shape index (κ3) is 2.63. The first kappa shape index (κ1) is 17.5. The Morgan fingerprint density at radius 1 is 1.00 bits per heavy atom. The lowest BCUT2D eigenvalue weighted by molar-refractivity contribution is -0.133. The van der Waals surface area contributed by atoms with Gasteiger partial charge in [0.2, 0.25) is 0 Å². The van der Waals surface area contributed by atoms with Crippen LogP contribution in [0.5, 0.6) is 0 Å². The van der Waals surface area contributed by atoms with Crippen LogP contribution in [0.1, 0.15) is 30.4 Å². The van der Waals surface area contributed by atoms with Gasteiger partial charge in [-0.3, -0.25) is 9.59 Å². The number of rotatable bonds is 2. The SMILES string of the molecule is O=C1NC2(CCCCc3ccccc32)C(=O)N1Cn1nnc2ccccc2c1=O. The van der Waals surface area contributed by atoms with Gasteiger partial charge in [-0.05, 0) is 48.9 Å². The quantitative estimate of drug-likeness (QED) is 0.676. The molecule has 1 saturated heterocycles. The molecule has 2 aliphatic rings. The largest absolute Gasteiger partial charge is 0.326 e. The van der Waals surface area contributed by atoms with Gasteiger partial charge in [0.1, 0.15) is 17.7 Å². The van der Waals surface area contributed by atoms with Gasteiger partial charge in [-0.15, -0.1) is 5.10 Å². The molecule has 2 aromatic carbocycles. The van der Waals surface area contributed by atoms with E-state index in [1.54, 1.807) is 24.3 Å². The first-order valence-corrected chi connectivity index (χ1v) is 9.65. The van der Waals surface area contributed by atoms with Gasteiger partial charge in [0.25, 0.3) is 11.5 Å². The van der Waals surface area contributed by atoms with Crippen LogP contribution in [-0.4, -0.2) is 31.8 Å². The number of carbonyl (C=O) groups is 2. The van der Waals surface area contributed by atoms with Gasteiger partial charge in [0.15, 0.2) is 0 Å². The molecule has 1 aliphatic heterocycles. The average molecular weight is 389 g/mol. The second-order valence-electron chi connectivity index (χ2n) is 7.49. The van der Waals surface area contributed by atoms with Gasteiger partial charge in [-0.25, -0.2) is 9.69 Å². The summed E-state index contributed by atoms with van der Waals surface area (Å²) in [4.78, 5) is 40.1. The van der Waals surface area contributed by atoms with Crippen LogP contribution in [0.15, 0.2) is 53.3 Å². The molecule has 1 N–H and O–H groups in total. The molecule has 8 nitrogen and oxygen atoms in total. The number of hydrogen-bond acceptors (Lipinski definition) is 5. The minimum absolute atomic E-state index is 0.273. The van der Waals surface area contributed by atoms with Crippen molar-refractivity contribution in [2.24, 2.45) is 0 Å². The molecule has 1 spiro atoms. The van der Waals surface area contributed by atoms with Crippen molar-refractivity contribution in [2.45, 2.75) is 37.9 Å². The molecule has 0 radical (unpaired) electrons. The van der Waals surface area contributed by atoms with E-state index in [0.717, 1.165) is 40.0 Å². The van der Waals surface area contributed by atoms with E-state index in [9.17, 15) is 14.4 Å². The number of benzene rings is 2.